The van der Waals surface area contributed by atoms with Gasteiger partial charge in [-0.15, -0.1) is 0 Å². The van der Waals surface area contributed by atoms with Gasteiger partial charge in [-0.1, -0.05) is 28.1 Å². The highest BCUT2D eigenvalue weighted by atomic mass is 79.9. The second-order valence-corrected chi connectivity index (χ2v) is 5.37. The van der Waals surface area contributed by atoms with Crippen LogP contribution in [0.25, 0.3) is 0 Å². The van der Waals surface area contributed by atoms with Gasteiger partial charge in [0.05, 0.1) is 19.3 Å². The zero-order valence-electron chi connectivity index (χ0n) is 10.9. The third-order valence-corrected chi connectivity index (χ3v) is 3.96. The standard InChI is InChI=1S/C14H18BrNO3/c1-18-7-8-19-9-14(17)16-13-6-5-10-11(13)3-2-4-12(10)15/h2-4,13H,5-9H2,1H3,(H,16,17). The number of halogens is 1. The van der Waals surface area contributed by atoms with Crippen LogP contribution in [0.5, 0.6) is 0 Å². The summed E-state index contributed by atoms with van der Waals surface area (Å²) >= 11 is 3.55. The summed E-state index contributed by atoms with van der Waals surface area (Å²) in [6.45, 7) is 1.03. The van der Waals surface area contributed by atoms with E-state index in [9.17, 15) is 4.79 Å². The maximum Gasteiger partial charge on any atom is 0.246 e. The van der Waals surface area contributed by atoms with Crippen LogP contribution in [-0.4, -0.2) is 32.8 Å². The average molecular weight is 328 g/mol. The lowest BCUT2D eigenvalue weighted by Crippen LogP contribution is -2.31. The molecule has 104 valence electrons. The van der Waals surface area contributed by atoms with E-state index >= 15 is 0 Å². The topological polar surface area (TPSA) is 47.6 Å². The Hall–Kier alpha value is -0.910. The van der Waals surface area contributed by atoms with Crippen LogP contribution in [0.15, 0.2) is 22.7 Å². The van der Waals surface area contributed by atoms with Gasteiger partial charge >= 0.3 is 0 Å². The Labute approximate surface area is 121 Å². The number of rotatable bonds is 6. The van der Waals surface area contributed by atoms with Gasteiger partial charge < -0.3 is 14.8 Å². The Morgan fingerprint density at radius 2 is 2.32 bits per heavy atom. The number of hydrogen-bond donors (Lipinski definition) is 1. The van der Waals surface area contributed by atoms with Crippen molar-refractivity contribution in [1.82, 2.24) is 5.32 Å². The fourth-order valence-electron chi connectivity index (χ4n) is 2.30. The van der Waals surface area contributed by atoms with Crippen molar-refractivity contribution in [1.29, 1.82) is 0 Å². The second kappa shape index (κ2) is 7.03. The van der Waals surface area contributed by atoms with Gasteiger partial charge in [0, 0.05) is 11.6 Å². The van der Waals surface area contributed by atoms with E-state index in [1.807, 2.05) is 12.1 Å². The minimum absolute atomic E-state index is 0.0751. The zero-order chi connectivity index (χ0) is 13.7. The van der Waals surface area contributed by atoms with E-state index in [2.05, 4.69) is 27.3 Å². The first kappa shape index (κ1) is 14.5. The van der Waals surface area contributed by atoms with Gasteiger partial charge in [-0.2, -0.15) is 0 Å². The molecular formula is C14H18BrNO3. The van der Waals surface area contributed by atoms with Crippen LogP contribution in [0, 0.1) is 0 Å². The normalized spacial score (nSPS) is 17.3. The molecule has 1 aliphatic rings. The molecule has 0 spiro atoms. The Morgan fingerprint density at radius 3 is 3.11 bits per heavy atom. The van der Waals surface area contributed by atoms with Crippen molar-refractivity contribution >= 4 is 21.8 Å². The van der Waals surface area contributed by atoms with Gasteiger partial charge in [0.15, 0.2) is 0 Å². The molecule has 0 aromatic heterocycles. The van der Waals surface area contributed by atoms with Crippen molar-refractivity contribution in [3.8, 4) is 0 Å². The number of amides is 1. The van der Waals surface area contributed by atoms with Crippen molar-refractivity contribution < 1.29 is 14.3 Å². The van der Waals surface area contributed by atoms with Crippen LogP contribution >= 0.6 is 15.9 Å². The van der Waals surface area contributed by atoms with E-state index in [-0.39, 0.29) is 18.6 Å². The van der Waals surface area contributed by atoms with Crippen molar-refractivity contribution in [3.63, 3.8) is 0 Å². The van der Waals surface area contributed by atoms with E-state index in [0.29, 0.717) is 13.2 Å². The Kier molecular flexibility index (Phi) is 5.36. The number of ether oxygens (including phenoxy) is 2. The summed E-state index contributed by atoms with van der Waals surface area (Å²) in [5.74, 6) is -0.0751. The Bertz CT molecular complexity index is 450. The van der Waals surface area contributed by atoms with E-state index in [1.165, 1.54) is 11.1 Å². The first-order valence-electron chi connectivity index (χ1n) is 6.35. The van der Waals surface area contributed by atoms with Crippen molar-refractivity contribution in [2.75, 3.05) is 26.9 Å². The predicted octanol–water partition coefficient (Wildman–Crippen LogP) is 2.22. The highest BCUT2D eigenvalue weighted by Gasteiger charge is 2.25. The van der Waals surface area contributed by atoms with Gasteiger partial charge in [-0.3, -0.25) is 4.79 Å². The van der Waals surface area contributed by atoms with Gasteiger partial charge in [-0.05, 0) is 30.0 Å². The van der Waals surface area contributed by atoms with Crippen molar-refractivity contribution in [3.05, 3.63) is 33.8 Å². The van der Waals surface area contributed by atoms with Gasteiger partial charge in [0.25, 0.3) is 0 Å². The molecule has 1 aromatic rings. The molecule has 1 atom stereocenters. The Balaban J connectivity index is 1.85. The number of fused-ring (bicyclic) bond motifs is 1. The fourth-order valence-corrected chi connectivity index (χ4v) is 2.88. The lowest BCUT2D eigenvalue weighted by molar-refractivity contribution is -0.126. The number of hydrogen-bond acceptors (Lipinski definition) is 3. The van der Waals surface area contributed by atoms with E-state index in [1.54, 1.807) is 7.11 Å². The number of carbonyl (C=O) groups excluding carboxylic acids is 1. The SMILES string of the molecule is COCCOCC(=O)NC1CCc2c(Br)cccc21. The molecule has 19 heavy (non-hydrogen) atoms. The maximum atomic E-state index is 11.8. The highest BCUT2D eigenvalue weighted by molar-refractivity contribution is 9.10. The minimum Gasteiger partial charge on any atom is -0.382 e. The molecule has 0 saturated carbocycles. The van der Waals surface area contributed by atoms with Crippen LogP contribution in [0.4, 0.5) is 0 Å². The van der Waals surface area contributed by atoms with Gasteiger partial charge in [0.2, 0.25) is 5.91 Å². The molecule has 1 N–H and O–H groups in total. The van der Waals surface area contributed by atoms with Crippen LogP contribution < -0.4 is 5.32 Å². The van der Waals surface area contributed by atoms with E-state index in [4.69, 9.17) is 9.47 Å². The molecule has 2 rings (SSSR count). The van der Waals surface area contributed by atoms with Gasteiger partial charge in [-0.25, -0.2) is 0 Å². The number of methoxy groups -OCH3 is 1. The monoisotopic (exact) mass is 327 g/mol. The molecule has 5 heteroatoms. The second-order valence-electron chi connectivity index (χ2n) is 4.51. The molecular weight excluding hydrogens is 310 g/mol. The average Bonchev–Trinajstić information content (AvgIpc) is 2.80. The van der Waals surface area contributed by atoms with Crippen LogP contribution in [0.2, 0.25) is 0 Å². The van der Waals surface area contributed by atoms with Crippen LogP contribution in [0.3, 0.4) is 0 Å². The molecule has 1 amide bonds. The summed E-state index contributed by atoms with van der Waals surface area (Å²) in [4.78, 5) is 11.8. The molecule has 0 saturated heterocycles. The number of carbonyl (C=O) groups is 1. The lowest BCUT2D eigenvalue weighted by Gasteiger charge is -2.14. The summed E-state index contributed by atoms with van der Waals surface area (Å²) in [6, 6.07) is 6.22. The third-order valence-electron chi connectivity index (χ3n) is 3.21. The molecule has 0 bridgehead atoms. The lowest BCUT2D eigenvalue weighted by atomic mass is 10.1. The number of benzene rings is 1. The maximum absolute atomic E-state index is 11.8. The summed E-state index contributed by atoms with van der Waals surface area (Å²) in [6.07, 6.45) is 1.94. The van der Waals surface area contributed by atoms with E-state index < -0.39 is 0 Å². The van der Waals surface area contributed by atoms with E-state index in [0.717, 1.165) is 17.3 Å². The van der Waals surface area contributed by atoms with Crippen molar-refractivity contribution in [2.45, 2.75) is 18.9 Å². The summed E-state index contributed by atoms with van der Waals surface area (Å²) in [5.41, 5.74) is 2.51. The molecule has 0 heterocycles. The highest BCUT2D eigenvalue weighted by Crippen LogP contribution is 2.35. The molecule has 0 radical (unpaired) electrons. The van der Waals surface area contributed by atoms with Crippen LogP contribution in [-0.2, 0) is 20.7 Å². The van der Waals surface area contributed by atoms with Crippen molar-refractivity contribution in [2.24, 2.45) is 0 Å². The summed E-state index contributed by atoms with van der Waals surface area (Å²) in [5, 5.41) is 3.01. The quantitative estimate of drug-likeness (QED) is 0.815. The predicted molar refractivity (Wildman–Crippen MR) is 76.0 cm³/mol. The molecule has 1 aromatic carbocycles. The molecule has 1 aliphatic carbocycles. The molecule has 1 unspecified atom stereocenters. The largest absolute Gasteiger partial charge is 0.382 e. The summed E-state index contributed by atoms with van der Waals surface area (Å²) < 4.78 is 11.2. The zero-order valence-corrected chi connectivity index (χ0v) is 12.5. The van der Waals surface area contributed by atoms with Gasteiger partial charge in [0.1, 0.15) is 6.61 Å². The fraction of sp³-hybridized carbons (Fsp3) is 0.500. The molecule has 4 nitrogen and oxygen atoms in total. The first-order valence-corrected chi connectivity index (χ1v) is 7.15. The van der Waals surface area contributed by atoms with Crippen LogP contribution in [0.1, 0.15) is 23.6 Å². The minimum atomic E-state index is -0.0751. The molecule has 0 aliphatic heterocycles. The smallest absolute Gasteiger partial charge is 0.246 e. The number of nitrogens with one attached hydrogen (secondary N) is 1. The summed E-state index contributed by atoms with van der Waals surface area (Å²) in [7, 11) is 1.61. The molecule has 0 fully saturated rings. The third kappa shape index (κ3) is 3.78. The first-order chi connectivity index (χ1) is 9.22. The Morgan fingerprint density at radius 1 is 1.47 bits per heavy atom.